The fraction of sp³-hybridized carbons (Fsp3) is 0.348. The molecule has 5 nitrogen and oxygen atoms in total. The third-order valence-electron chi connectivity index (χ3n) is 5.48. The van der Waals surface area contributed by atoms with Crippen molar-refractivity contribution >= 4 is 11.6 Å². The van der Waals surface area contributed by atoms with Gasteiger partial charge in [-0.15, -0.1) is 10.2 Å². The van der Waals surface area contributed by atoms with Gasteiger partial charge in [-0.1, -0.05) is 36.2 Å². The van der Waals surface area contributed by atoms with Gasteiger partial charge in [0.1, 0.15) is 5.82 Å². The van der Waals surface area contributed by atoms with Gasteiger partial charge in [-0.05, 0) is 56.9 Å². The van der Waals surface area contributed by atoms with Crippen molar-refractivity contribution in [2.75, 3.05) is 5.32 Å². The van der Waals surface area contributed by atoms with Crippen molar-refractivity contribution in [3.8, 4) is 11.4 Å². The summed E-state index contributed by atoms with van der Waals surface area (Å²) < 4.78 is 2.23. The lowest BCUT2D eigenvalue weighted by molar-refractivity contribution is 0.102. The van der Waals surface area contributed by atoms with Crippen LogP contribution >= 0.6 is 0 Å². The van der Waals surface area contributed by atoms with Crippen LogP contribution in [0.2, 0.25) is 0 Å². The molecule has 4 rings (SSSR count). The number of aryl methyl sites for hydroxylation is 4. The van der Waals surface area contributed by atoms with Crippen LogP contribution in [0.4, 0.5) is 5.69 Å². The first-order valence-corrected chi connectivity index (χ1v) is 9.94. The molecule has 2 heterocycles. The van der Waals surface area contributed by atoms with Crippen LogP contribution in [-0.4, -0.2) is 20.7 Å². The van der Waals surface area contributed by atoms with Crippen LogP contribution in [0.1, 0.15) is 52.1 Å². The van der Waals surface area contributed by atoms with E-state index in [-0.39, 0.29) is 5.91 Å². The summed E-state index contributed by atoms with van der Waals surface area (Å²) in [4.78, 5) is 12.8. The maximum Gasteiger partial charge on any atom is 0.255 e. The van der Waals surface area contributed by atoms with Crippen molar-refractivity contribution in [1.29, 1.82) is 0 Å². The predicted molar refractivity (Wildman–Crippen MR) is 112 cm³/mol. The Morgan fingerprint density at radius 1 is 0.964 bits per heavy atom. The molecule has 1 aromatic heterocycles. The highest BCUT2D eigenvalue weighted by atomic mass is 16.1. The molecule has 2 aromatic carbocycles. The minimum atomic E-state index is -0.0853. The summed E-state index contributed by atoms with van der Waals surface area (Å²) in [6.45, 7) is 6.96. The Labute approximate surface area is 165 Å². The normalized spacial score (nSPS) is 13.7. The number of anilines is 1. The number of amides is 1. The van der Waals surface area contributed by atoms with Gasteiger partial charge in [0, 0.05) is 29.8 Å². The highest BCUT2D eigenvalue weighted by molar-refractivity contribution is 6.05. The first-order chi connectivity index (χ1) is 13.5. The molecule has 28 heavy (non-hydrogen) atoms. The number of rotatable bonds is 3. The fourth-order valence-electron chi connectivity index (χ4n) is 3.85. The second kappa shape index (κ2) is 7.58. The number of hydrogen-bond donors (Lipinski definition) is 1. The molecule has 0 radical (unpaired) electrons. The number of hydrogen-bond acceptors (Lipinski definition) is 3. The smallest absolute Gasteiger partial charge is 0.255 e. The van der Waals surface area contributed by atoms with E-state index in [4.69, 9.17) is 0 Å². The van der Waals surface area contributed by atoms with Gasteiger partial charge < -0.3 is 9.88 Å². The molecule has 0 atom stereocenters. The highest BCUT2D eigenvalue weighted by Gasteiger charge is 2.17. The monoisotopic (exact) mass is 374 g/mol. The van der Waals surface area contributed by atoms with E-state index >= 15 is 0 Å². The number of nitrogens with zero attached hydrogens (tertiary/aromatic N) is 3. The topological polar surface area (TPSA) is 59.8 Å². The zero-order valence-electron chi connectivity index (χ0n) is 16.7. The number of carbonyl (C=O) groups is 1. The third-order valence-corrected chi connectivity index (χ3v) is 5.48. The predicted octanol–water partition coefficient (Wildman–Crippen LogP) is 4.85. The number of nitrogens with one attached hydrogen (secondary N) is 1. The molecule has 144 valence electrons. The van der Waals surface area contributed by atoms with Crippen LogP contribution in [0.5, 0.6) is 0 Å². The second-order valence-corrected chi connectivity index (χ2v) is 7.70. The van der Waals surface area contributed by atoms with E-state index in [1.807, 2.05) is 51.1 Å². The maximum atomic E-state index is 12.8. The molecule has 3 aromatic rings. The van der Waals surface area contributed by atoms with E-state index < -0.39 is 0 Å². The van der Waals surface area contributed by atoms with Gasteiger partial charge >= 0.3 is 0 Å². The number of fused-ring (bicyclic) bond motifs is 1. The van der Waals surface area contributed by atoms with Crippen molar-refractivity contribution in [2.24, 2.45) is 0 Å². The van der Waals surface area contributed by atoms with Crippen LogP contribution in [-0.2, 0) is 13.0 Å². The molecule has 1 amide bonds. The summed E-state index contributed by atoms with van der Waals surface area (Å²) in [6, 6.07) is 12.0. The van der Waals surface area contributed by atoms with E-state index in [0.717, 1.165) is 59.0 Å². The second-order valence-electron chi connectivity index (χ2n) is 7.70. The van der Waals surface area contributed by atoms with Crippen molar-refractivity contribution < 1.29 is 4.79 Å². The van der Waals surface area contributed by atoms with Crippen LogP contribution < -0.4 is 5.32 Å². The van der Waals surface area contributed by atoms with Gasteiger partial charge in [0.05, 0.1) is 0 Å². The lowest BCUT2D eigenvalue weighted by Crippen LogP contribution is -2.14. The largest absolute Gasteiger partial charge is 0.322 e. The molecule has 0 aliphatic carbocycles. The summed E-state index contributed by atoms with van der Waals surface area (Å²) in [7, 11) is 0. The Kier molecular flexibility index (Phi) is 4.99. The van der Waals surface area contributed by atoms with Crippen molar-refractivity contribution in [2.45, 2.75) is 53.0 Å². The standard InChI is InChI=1S/C23H26N4O/c1-15-8-11-19(17(3)13-15)23(28)24-20-14-18(10-9-16(20)2)22-26-25-21-7-5-4-6-12-27(21)22/h8-11,13-14H,4-7,12H2,1-3H3,(H,24,28). The zero-order valence-corrected chi connectivity index (χ0v) is 16.7. The summed E-state index contributed by atoms with van der Waals surface area (Å²) in [5, 5.41) is 11.9. The summed E-state index contributed by atoms with van der Waals surface area (Å²) in [6.07, 6.45) is 4.53. The Hall–Kier alpha value is -2.95. The Bertz CT molecular complexity index is 1040. The Morgan fingerprint density at radius 3 is 2.64 bits per heavy atom. The van der Waals surface area contributed by atoms with Gasteiger partial charge in [0.15, 0.2) is 5.82 Å². The van der Waals surface area contributed by atoms with Gasteiger partial charge in [-0.2, -0.15) is 0 Å². The van der Waals surface area contributed by atoms with Crippen molar-refractivity contribution in [1.82, 2.24) is 14.8 Å². The van der Waals surface area contributed by atoms with Gasteiger partial charge in [-0.3, -0.25) is 4.79 Å². The number of aromatic nitrogens is 3. The quantitative estimate of drug-likeness (QED) is 0.713. The number of carbonyl (C=O) groups excluding carboxylic acids is 1. The zero-order chi connectivity index (χ0) is 19.7. The van der Waals surface area contributed by atoms with Crippen LogP contribution in [0, 0.1) is 20.8 Å². The molecule has 0 fully saturated rings. The molecule has 1 aliphatic heterocycles. The highest BCUT2D eigenvalue weighted by Crippen LogP contribution is 2.27. The SMILES string of the molecule is Cc1ccc(C(=O)Nc2cc(-c3nnc4n3CCCCC4)ccc2C)c(C)c1. The fourth-order valence-corrected chi connectivity index (χ4v) is 3.85. The van der Waals surface area contributed by atoms with Crippen LogP contribution in [0.15, 0.2) is 36.4 Å². The van der Waals surface area contributed by atoms with Crippen LogP contribution in [0.3, 0.4) is 0 Å². The third kappa shape index (κ3) is 3.57. The maximum absolute atomic E-state index is 12.8. The lowest BCUT2D eigenvalue weighted by atomic mass is 10.0. The molecule has 0 saturated carbocycles. The molecule has 1 aliphatic rings. The minimum absolute atomic E-state index is 0.0853. The van der Waals surface area contributed by atoms with E-state index in [9.17, 15) is 4.79 Å². The van der Waals surface area contributed by atoms with Gasteiger partial charge in [-0.25, -0.2) is 0 Å². The van der Waals surface area contributed by atoms with E-state index in [1.165, 1.54) is 12.8 Å². The molecule has 1 N–H and O–H groups in total. The first-order valence-electron chi connectivity index (χ1n) is 9.94. The summed E-state index contributed by atoms with van der Waals surface area (Å²) >= 11 is 0. The molecule has 0 spiro atoms. The van der Waals surface area contributed by atoms with E-state index in [0.29, 0.717) is 5.56 Å². The molecular weight excluding hydrogens is 348 g/mol. The van der Waals surface area contributed by atoms with Crippen molar-refractivity contribution in [3.63, 3.8) is 0 Å². The average Bonchev–Trinajstić information content (AvgIpc) is 2.91. The van der Waals surface area contributed by atoms with Gasteiger partial charge in [0.25, 0.3) is 5.91 Å². The molecule has 5 heteroatoms. The first kappa shape index (κ1) is 18.4. The van der Waals surface area contributed by atoms with Crippen LogP contribution in [0.25, 0.3) is 11.4 Å². The molecule has 0 unspecified atom stereocenters. The van der Waals surface area contributed by atoms with E-state index in [1.54, 1.807) is 0 Å². The minimum Gasteiger partial charge on any atom is -0.322 e. The van der Waals surface area contributed by atoms with Crippen molar-refractivity contribution in [3.05, 3.63) is 64.5 Å². The Balaban J connectivity index is 1.65. The lowest BCUT2D eigenvalue weighted by Gasteiger charge is -2.13. The Morgan fingerprint density at radius 2 is 1.82 bits per heavy atom. The van der Waals surface area contributed by atoms with Gasteiger partial charge in [0.2, 0.25) is 0 Å². The average molecular weight is 374 g/mol. The molecule has 0 bridgehead atoms. The number of benzene rings is 2. The summed E-state index contributed by atoms with van der Waals surface area (Å²) in [5.41, 5.74) is 5.66. The summed E-state index contributed by atoms with van der Waals surface area (Å²) in [5.74, 6) is 1.87. The van der Waals surface area contributed by atoms with E-state index in [2.05, 4.69) is 26.1 Å². The molecular formula is C23H26N4O. The molecule has 0 saturated heterocycles.